The number of carbonyl (C=O) groups excluding carboxylic acids is 4. The summed E-state index contributed by atoms with van der Waals surface area (Å²) in [5, 5.41) is 9.87. The first-order valence-electron chi connectivity index (χ1n) is 28.5. The molecule has 1 saturated heterocycles. The number of phosphoric acid groups is 3. The largest absolute Gasteiger partial charge is 0.491 e. The highest BCUT2D eigenvalue weighted by atomic mass is 31.3. The molecular weight excluding hydrogens is 1260 g/mol. The molecule has 7 N–H and O–H groups in total. The van der Waals surface area contributed by atoms with Gasteiger partial charge in [-0.05, 0) is 107 Å². The van der Waals surface area contributed by atoms with Crippen molar-refractivity contribution >= 4 is 69.4 Å². The predicted octanol–water partition coefficient (Wildman–Crippen LogP) is 8.43. The molecule has 1 amide bonds. The summed E-state index contributed by atoms with van der Waals surface area (Å²) >= 11 is 0. The fraction of sp³-hybridized carbons (Fsp3) is 0.545. The van der Waals surface area contributed by atoms with Gasteiger partial charge in [0.1, 0.15) is 60.6 Å². The monoisotopic (exact) mass is 1330 g/mol. The van der Waals surface area contributed by atoms with Crippen LogP contribution < -0.4 is 32.0 Å². The Morgan fingerprint density at radius 1 is 0.945 bits per heavy atom. The number of nitrogens with zero attached hydrogens (tertiary/aromatic N) is 9. The number of unbranched alkanes of at least 4 members (excludes halogenated alkanes) is 4. The second-order valence-corrected chi connectivity index (χ2v) is 27.1. The normalized spacial score (nSPS) is 18.6. The summed E-state index contributed by atoms with van der Waals surface area (Å²) in [4.78, 5) is 126. The van der Waals surface area contributed by atoms with Gasteiger partial charge >= 0.3 is 40.8 Å². The number of ketones is 2. The van der Waals surface area contributed by atoms with Crippen LogP contribution in [0.5, 0.6) is 5.75 Å². The number of nitrogens with two attached hydrogens (primary N) is 1. The molecule has 7 unspecified atom stereocenters. The Bertz CT molecular complexity index is 3750. The number of hydrogen-bond donors (Lipinski definition) is 6. The summed E-state index contributed by atoms with van der Waals surface area (Å²) in [7, 11) is -17.1. The van der Waals surface area contributed by atoms with Crippen molar-refractivity contribution in [2.75, 3.05) is 50.3 Å². The summed E-state index contributed by atoms with van der Waals surface area (Å²) in [6.45, 7) is 9.73. The Hall–Kier alpha value is -7.32. The zero-order valence-corrected chi connectivity index (χ0v) is 53.3. The zero-order valence-electron chi connectivity index (χ0n) is 50.6. The third kappa shape index (κ3) is 22.8. The average molecular weight is 1330 g/mol. The number of nitrogens with one attached hydrogen (secondary N) is 1. The lowest BCUT2D eigenvalue weighted by Gasteiger charge is -2.47. The van der Waals surface area contributed by atoms with E-state index in [0.717, 1.165) is 34.9 Å². The van der Waals surface area contributed by atoms with Gasteiger partial charge in [-0.2, -0.15) is 13.6 Å². The number of rotatable bonds is 33. The lowest BCUT2D eigenvalue weighted by Crippen LogP contribution is -2.49. The van der Waals surface area contributed by atoms with Gasteiger partial charge in [0.25, 0.3) is 0 Å². The molecule has 0 spiro atoms. The Morgan fingerprint density at radius 3 is 2.35 bits per heavy atom. The molecule has 2 aromatic heterocycles. The van der Waals surface area contributed by atoms with Crippen LogP contribution in [0.4, 0.5) is 11.5 Å². The minimum absolute atomic E-state index is 0.00333. The van der Waals surface area contributed by atoms with Crippen molar-refractivity contribution < 1.29 is 93.7 Å². The third-order valence-electron chi connectivity index (χ3n) is 14.0. The first kappa shape index (κ1) is 72.7. The Kier molecular flexibility index (Phi) is 25.8. The summed E-state index contributed by atoms with van der Waals surface area (Å²) < 4.78 is 81.7. The number of benzene rings is 2. The number of anilines is 2. The molecule has 0 radical (unpaired) electrons. The van der Waals surface area contributed by atoms with Crippen molar-refractivity contribution in [2.45, 2.75) is 154 Å². The number of nitrogen functional groups attached to an aromatic ring is 1. The van der Waals surface area contributed by atoms with Gasteiger partial charge in [-0.25, -0.2) is 23.3 Å². The minimum Gasteiger partial charge on any atom is -0.491 e. The van der Waals surface area contributed by atoms with E-state index in [1.165, 1.54) is 6.07 Å². The van der Waals surface area contributed by atoms with Gasteiger partial charge in [0.15, 0.2) is 17.8 Å². The molecule has 2 aliphatic rings. The van der Waals surface area contributed by atoms with Crippen LogP contribution in [0.1, 0.15) is 156 Å². The molecule has 494 valence electrons. The second-order valence-electron chi connectivity index (χ2n) is 22.7. The summed E-state index contributed by atoms with van der Waals surface area (Å²) in [6, 6.07) is 11.8. The lowest BCUT2D eigenvalue weighted by molar-refractivity contribution is -0.154. The molecule has 0 bridgehead atoms. The Labute approximate surface area is 520 Å². The smallest absolute Gasteiger partial charge is 0.490 e. The van der Waals surface area contributed by atoms with E-state index >= 15 is 0 Å². The second kappa shape index (κ2) is 32.3. The van der Waals surface area contributed by atoms with E-state index in [4.69, 9.17) is 54.7 Å². The molecule has 2 aliphatic heterocycles. The molecule has 91 heavy (non-hydrogen) atoms. The molecule has 4 aromatic rings. The summed E-state index contributed by atoms with van der Waals surface area (Å²) in [5.41, 5.74) is 24.0. The van der Waals surface area contributed by atoms with E-state index in [1.807, 2.05) is 32.9 Å². The number of carbonyl (C=O) groups is 4. The maximum Gasteiger partial charge on any atom is 0.490 e. The van der Waals surface area contributed by atoms with Crippen molar-refractivity contribution in [1.29, 1.82) is 0 Å². The quantitative estimate of drug-likeness (QED) is 0.00300. The highest BCUT2D eigenvalue weighted by molar-refractivity contribution is 7.66. The number of azide groups is 2. The molecule has 33 nitrogen and oxygen atoms in total. The van der Waals surface area contributed by atoms with Gasteiger partial charge in [0, 0.05) is 76.5 Å². The van der Waals surface area contributed by atoms with Gasteiger partial charge in [0.05, 0.1) is 24.8 Å². The predicted molar refractivity (Wildman–Crippen MR) is 324 cm³/mol. The SMILES string of the molecule is CC1CC(C)(C)N(CCCC(=O)OC(C)(C)C)c2cc3oc(=O)c(C(=O)CCCCCCCC(=O)c4cccc(OCC(N=[N+]=[N-])OCC(=O)NCC#Cc5cn(C6CC(OCN=[N+]=[N-])C(COP(=O)(O)OP(=O)(O)OP(=O)(O)O)O6)c(=O)nc5N)c4)cc3cc21. The molecule has 2 aromatic carbocycles. The minimum atomic E-state index is -5.85. The fourth-order valence-electron chi connectivity index (χ4n) is 10.1. The van der Waals surface area contributed by atoms with Crippen LogP contribution in [-0.4, -0.2) is 122 Å². The number of fused-ring (bicyclic) bond motifs is 2. The van der Waals surface area contributed by atoms with Gasteiger partial charge in [0.2, 0.25) is 5.91 Å². The third-order valence-corrected chi connectivity index (χ3v) is 17.8. The number of amides is 1. The lowest BCUT2D eigenvalue weighted by atomic mass is 9.79. The number of esters is 1. The first-order chi connectivity index (χ1) is 42.8. The van der Waals surface area contributed by atoms with E-state index < -0.39 is 90.9 Å². The average Bonchev–Trinajstić information content (AvgIpc) is 1.15. The summed E-state index contributed by atoms with van der Waals surface area (Å²) in [6.07, 6.45) is 1.13. The van der Waals surface area contributed by atoms with Crippen molar-refractivity contribution in [2.24, 2.45) is 10.2 Å². The molecule has 0 aliphatic carbocycles. The van der Waals surface area contributed by atoms with Crippen LogP contribution in [0.2, 0.25) is 0 Å². The van der Waals surface area contributed by atoms with Crippen LogP contribution in [0.25, 0.3) is 31.9 Å². The van der Waals surface area contributed by atoms with Crippen molar-refractivity contribution in [1.82, 2.24) is 14.9 Å². The van der Waals surface area contributed by atoms with Crippen molar-refractivity contribution in [3.8, 4) is 17.6 Å². The molecule has 0 saturated carbocycles. The van der Waals surface area contributed by atoms with E-state index in [-0.39, 0.29) is 90.5 Å². The van der Waals surface area contributed by atoms with Crippen LogP contribution in [0, 0.1) is 11.8 Å². The van der Waals surface area contributed by atoms with Crippen molar-refractivity contribution in [3.05, 3.63) is 113 Å². The van der Waals surface area contributed by atoms with Gasteiger partial charge in [-0.15, -0.1) is 0 Å². The van der Waals surface area contributed by atoms with E-state index in [2.05, 4.69) is 81.0 Å². The number of ether oxygens (including phenoxy) is 5. The molecule has 36 heteroatoms. The van der Waals surface area contributed by atoms with Crippen molar-refractivity contribution in [3.63, 3.8) is 0 Å². The molecule has 6 rings (SSSR count). The maximum atomic E-state index is 13.4. The van der Waals surface area contributed by atoms with Crippen LogP contribution in [0.3, 0.4) is 0 Å². The number of phosphoric ester groups is 1. The fourth-order valence-corrected chi connectivity index (χ4v) is 13.1. The van der Waals surface area contributed by atoms with Gasteiger partial charge in [-0.1, -0.05) is 60.4 Å². The topological polar surface area (TPSA) is 478 Å². The first-order valence-corrected chi connectivity index (χ1v) is 33.0. The molecule has 7 atom stereocenters. The standard InChI is InChI=1S/C55H72N11O22P3/c1-34-28-55(5,6)66(22-14-20-50(70)86-54(2,3)4)41-26-44-37(24-39(34)41)25-40(52(71)85-44)43(68)19-11-9-7-8-10-18-42(67)35-15-12-17-38(23-35)80-32-48(62-64-58)81-31-47(69)59-21-13-16-36-29-65(53(72)61-51(36)56)49-27-45(82-33-60-63-57)46(84-49)30-83-90(76,77)88-91(78,79)87-89(73,74)75/h12,15,17,23-26,29,34,45-46,48-49H,7-11,14,18-22,27-28,30-33H2,1-6H3,(H,59,69)(H,76,77)(H,78,79)(H2,56,61,72)(H2,73,74,75). The molecule has 4 heterocycles. The molecule has 1 fully saturated rings. The van der Waals surface area contributed by atoms with E-state index in [9.17, 15) is 52.2 Å². The van der Waals surface area contributed by atoms with Crippen LogP contribution in [0.15, 0.2) is 72.9 Å². The van der Waals surface area contributed by atoms with Crippen LogP contribution >= 0.6 is 23.5 Å². The molecular formula is C55H72N11O22P3. The number of Topliss-reactive ketones (excluding diaryl/α,β-unsaturated/α-hetero) is 2. The number of aromatic nitrogens is 2. The summed E-state index contributed by atoms with van der Waals surface area (Å²) in [5.74, 6) is 3.95. The Balaban J connectivity index is 0.916. The highest BCUT2D eigenvalue weighted by Gasteiger charge is 2.44. The zero-order chi connectivity index (χ0) is 66.9. The Morgan fingerprint density at radius 2 is 1.66 bits per heavy atom. The van der Waals surface area contributed by atoms with Crippen LogP contribution in [-0.2, 0) is 55.4 Å². The van der Waals surface area contributed by atoms with E-state index in [1.54, 1.807) is 24.3 Å². The van der Waals surface area contributed by atoms with Gasteiger partial charge in [-0.3, -0.25) is 28.3 Å². The number of hydrogen-bond acceptors (Lipinski definition) is 23. The maximum absolute atomic E-state index is 13.4. The van der Waals surface area contributed by atoms with Gasteiger partial charge < -0.3 is 63.6 Å². The highest BCUT2D eigenvalue weighted by Crippen LogP contribution is 2.66. The van der Waals surface area contributed by atoms with E-state index in [0.29, 0.717) is 55.2 Å².